The minimum atomic E-state index is -1.17. The van der Waals surface area contributed by atoms with Gasteiger partial charge in [-0.05, 0) is 35.6 Å². The van der Waals surface area contributed by atoms with Crippen molar-refractivity contribution in [3.05, 3.63) is 48.0 Å². The molecule has 0 bridgehead atoms. The van der Waals surface area contributed by atoms with Crippen LogP contribution in [0.5, 0.6) is 0 Å². The first-order chi connectivity index (χ1) is 16.1. The van der Waals surface area contributed by atoms with Crippen molar-refractivity contribution in [2.24, 2.45) is 11.7 Å². The van der Waals surface area contributed by atoms with Crippen LogP contribution in [0.4, 0.5) is 0 Å². The van der Waals surface area contributed by atoms with Gasteiger partial charge in [-0.15, -0.1) is 0 Å². The van der Waals surface area contributed by atoms with Gasteiger partial charge in [0.15, 0.2) is 0 Å². The van der Waals surface area contributed by atoms with Crippen molar-refractivity contribution in [1.29, 1.82) is 0 Å². The molecule has 3 amide bonds. The smallest absolute Gasteiger partial charge is 0.326 e. The van der Waals surface area contributed by atoms with Gasteiger partial charge in [0.05, 0.1) is 0 Å². The van der Waals surface area contributed by atoms with Crippen LogP contribution in [-0.2, 0) is 25.6 Å². The maximum Gasteiger partial charge on any atom is 0.326 e. The standard InChI is InChI=1S/C25H34N4O5/c1-15(2)12-20(28-22(30)10-11-26)24(32)27-16(3)23(31)29-21(25(33)34)14-17-8-9-18-6-4-5-7-19(18)13-17/h4-9,13,15-16,20-21H,10-12,14,26H2,1-3H3,(H,27,32)(H,28,30)(H,29,31)(H,33,34)/t16-,20-,21-/m0/s1. The molecule has 0 fully saturated rings. The SMILES string of the molecule is CC(C)C[C@H](NC(=O)CCN)C(=O)N[C@@H](C)C(=O)N[C@@H](Cc1ccc2ccccc2c1)C(=O)O. The average molecular weight is 471 g/mol. The van der Waals surface area contributed by atoms with E-state index >= 15 is 0 Å². The van der Waals surface area contributed by atoms with Gasteiger partial charge in [0, 0.05) is 19.4 Å². The van der Waals surface area contributed by atoms with Gasteiger partial charge in [-0.25, -0.2) is 4.79 Å². The second-order valence-electron chi connectivity index (χ2n) is 8.80. The second kappa shape index (κ2) is 12.7. The van der Waals surface area contributed by atoms with Crippen molar-refractivity contribution in [2.45, 2.75) is 58.2 Å². The van der Waals surface area contributed by atoms with Crippen LogP contribution < -0.4 is 21.7 Å². The van der Waals surface area contributed by atoms with E-state index in [2.05, 4.69) is 16.0 Å². The lowest BCUT2D eigenvalue weighted by Crippen LogP contribution is -2.55. The molecule has 0 aliphatic heterocycles. The molecule has 0 aliphatic rings. The zero-order valence-electron chi connectivity index (χ0n) is 19.8. The molecule has 0 saturated carbocycles. The predicted molar refractivity (Wildman–Crippen MR) is 130 cm³/mol. The van der Waals surface area contributed by atoms with Crippen LogP contribution >= 0.6 is 0 Å². The number of amides is 3. The Morgan fingerprint density at radius 3 is 2.18 bits per heavy atom. The predicted octanol–water partition coefficient (Wildman–Crippen LogP) is 1.34. The Kier molecular flexibility index (Phi) is 10.0. The number of hydrogen-bond acceptors (Lipinski definition) is 5. The molecule has 34 heavy (non-hydrogen) atoms. The molecule has 9 nitrogen and oxygen atoms in total. The first kappa shape index (κ1) is 26.8. The quantitative estimate of drug-likeness (QED) is 0.316. The number of nitrogens with two attached hydrogens (primary N) is 1. The molecular weight excluding hydrogens is 436 g/mol. The third-order valence-corrected chi connectivity index (χ3v) is 5.35. The van der Waals surface area contributed by atoms with Gasteiger partial charge in [-0.1, -0.05) is 56.3 Å². The van der Waals surface area contributed by atoms with Gasteiger partial charge in [0.1, 0.15) is 18.1 Å². The van der Waals surface area contributed by atoms with Gasteiger partial charge in [-0.2, -0.15) is 0 Å². The van der Waals surface area contributed by atoms with Crippen molar-refractivity contribution < 1.29 is 24.3 Å². The largest absolute Gasteiger partial charge is 0.480 e. The zero-order valence-corrected chi connectivity index (χ0v) is 19.8. The Hall–Kier alpha value is -3.46. The Morgan fingerprint density at radius 1 is 0.882 bits per heavy atom. The van der Waals surface area contributed by atoms with E-state index in [1.165, 1.54) is 6.92 Å². The summed E-state index contributed by atoms with van der Waals surface area (Å²) in [6.07, 6.45) is 0.570. The van der Waals surface area contributed by atoms with Crippen molar-refractivity contribution >= 4 is 34.5 Å². The third-order valence-electron chi connectivity index (χ3n) is 5.35. The maximum atomic E-state index is 12.7. The topological polar surface area (TPSA) is 151 Å². The fourth-order valence-electron chi connectivity index (χ4n) is 3.58. The average Bonchev–Trinajstić information content (AvgIpc) is 2.77. The Bertz CT molecular complexity index is 1020. The van der Waals surface area contributed by atoms with Crippen LogP contribution in [0.1, 0.15) is 39.2 Å². The highest BCUT2D eigenvalue weighted by molar-refractivity contribution is 5.93. The van der Waals surface area contributed by atoms with E-state index in [4.69, 9.17) is 5.73 Å². The summed E-state index contributed by atoms with van der Waals surface area (Å²) in [5, 5.41) is 19.4. The lowest BCUT2D eigenvalue weighted by atomic mass is 10.0. The Morgan fingerprint density at radius 2 is 1.56 bits per heavy atom. The lowest BCUT2D eigenvalue weighted by Gasteiger charge is -2.23. The Labute approximate surface area is 199 Å². The van der Waals surface area contributed by atoms with E-state index < -0.39 is 35.9 Å². The minimum Gasteiger partial charge on any atom is -0.480 e. The number of nitrogens with one attached hydrogen (secondary N) is 3. The highest BCUT2D eigenvalue weighted by atomic mass is 16.4. The third kappa shape index (κ3) is 8.15. The summed E-state index contributed by atoms with van der Waals surface area (Å²) in [6, 6.07) is 10.4. The normalized spacial score (nSPS) is 13.7. The van der Waals surface area contributed by atoms with Crippen LogP contribution in [0.15, 0.2) is 42.5 Å². The van der Waals surface area contributed by atoms with Gasteiger partial charge in [0.2, 0.25) is 17.7 Å². The van der Waals surface area contributed by atoms with Crippen LogP contribution in [0.2, 0.25) is 0 Å². The number of carboxylic acids is 1. The molecule has 9 heteroatoms. The second-order valence-corrected chi connectivity index (χ2v) is 8.80. The molecule has 0 aromatic heterocycles. The van der Waals surface area contributed by atoms with Crippen molar-refractivity contribution in [1.82, 2.24) is 16.0 Å². The number of fused-ring (bicyclic) bond motifs is 1. The van der Waals surface area contributed by atoms with E-state index in [-0.39, 0.29) is 31.2 Å². The number of aliphatic carboxylic acids is 1. The molecule has 0 spiro atoms. The molecular formula is C25H34N4O5. The first-order valence-corrected chi connectivity index (χ1v) is 11.4. The molecule has 2 rings (SSSR count). The molecule has 0 heterocycles. The summed E-state index contributed by atoms with van der Waals surface area (Å²) in [6.45, 7) is 5.45. The summed E-state index contributed by atoms with van der Waals surface area (Å²) in [5.41, 5.74) is 6.16. The van der Waals surface area contributed by atoms with Gasteiger partial charge < -0.3 is 26.8 Å². The molecule has 0 radical (unpaired) electrons. The fourth-order valence-corrected chi connectivity index (χ4v) is 3.58. The molecule has 2 aromatic carbocycles. The highest BCUT2D eigenvalue weighted by Crippen LogP contribution is 2.17. The lowest BCUT2D eigenvalue weighted by molar-refractivity contribution is -0.142. The van der Waals surface area contributed by atoms with E-state index in [0.717, 1.165) is 16.3 Å². The van der Waals surface area contributed by atoms with Crippen LogP contribution in [-0.4, -0.2) is 53.5 Å². The molecule has 0 aliphatic carbocycles. The van der Waals surface area contributed by atoms with Gasteiger partial charge in [-0.3, -0.25) is 14.4 Å². The van der Waals surface area contributed by atoms with E-state index in [1.54, 1.807) is 0 Å². The highest BCUT2D eigenvalue weighted by Gasteiger charge is 2.27. The zero-order chi connectivity index (χ0) is 25.3. The van der Waals surface area contributed by atoms with Crippen molar-refractivity contribution in [3.63, 3.8) is 0 Å². The van der Waals surface area contributed by atoms with Crippen molar-refractivity contribution in [3.8, 4) is 0 Å². The molecule has 0 unspecified atom stereocenters. The number of benzene rings is 2. The summed E-state index contributed by atoms with van der Waals surface area (Å²) in [4.78, 5) is 49.1. The van der Waals surface area contributed by atoms with Gasteiger partial charge in [0.25, 0.3) is 0 Å². The molecule has 3 atom stereocenters. The van der Waals surface area contributed by atoms with E-state index in [1.807, 2.05) is 56.3 Å². The summed E-state index contributed by atoms with van der Waals surface area (Å²) >= 11 is 0. The molecule has 6 N–H and O–H groups in total. The summed E-state index contributed by atoms with van der Waals surface area (Å²) in [7, 11) is 0. The summed E-state index contributed by atoms with van der Waals surface area (Å²) in [5.74, 6) is -2.54. The minimum absolute atomic E-state index is 0.0903. The molecule has 184 valence electrons. The van der Waals surface area contributed by atoms with Crippen LogP contribution in [0, 0.1) is 5.92 Å². The number of carboxylic acid groups (broad SMARTS) is 1. The fraction of sp³-hybridized carbons (Fsp3) is 0.440. The molecule has 0 saturated heterocycles. The number of carbonyl (C=O) groups is 4. The van der Waals surface area contributed by atoms with Crippen LogP contribution in [0.25, 0.3) is 10.8 Å². The Balaban J connectivity index is 2.02. The van der Waals surface area contributed by atoms with E-state index in [9.17, 15) is 24.3 Å². The first-order valence-electron chi connectivity index (χ1n) is 11.4. The van der Waals surface area contributed by atoms with Crippen molar-refractivity contribution in [2.75, 3.05) is 6.54 Å². The summed E-state index contributed by atoms with van der Waals surface area (Å²) < 4.78 is 0. The molecule has 2 aromatic rings. The van der Waals surface area contributed by atoms with E-state index in [0.29, 0.717) is 6.42 Å². The monoisotopic (exact) mass is 470 g/mol. The number of hydrogen-bond donors (Lipinski definition) is 5. The van der Waals surface area contributed by atoms with Gasteiger partial charge >= 0.3 is 5.97 Å². The number of rotatable bonds is 12. The maximum absolute atomic E-state index is 12.7. The van der Waals surface area contributed by atoms with Crippen LogP contribution in [0.3, 0.4) is 0 Å². The number of carbonyl (C=O) groups excluding carboxylic acids is 3.